The molecule has 3 nitrogen and oxygen atoms in total. The second-order valence-corrected chi connectivity index (χ2v) is 4.37. The number of carbonyl (C=O) groups excluding carboxylic acids is 1. The number of amides is 1. The summed E-state index contributed by atoms with van der Waals surface area (Å²) in [5, 5.41) is 0. The van der Waals surface area contributed by atoms with Gasteiger partial charge in [0.15, 0.2) is 6.10 Å². The fraction of sp³-hybridized carbons (Fsp3) is 0.300. The maximum atomic E-state index is 11.5. The Labute approximate surface area is 97.5 Å². The minimum atomic E-state index is -0.692. The van der Waals surface area contributed by atoms with E-state index in [-0.39, 0.29) is 0 Å². The number of benzene rings is 1. The molecule has 5 heteroatoms. The van der Waals surface area contributed by atoms with E-state index in [0.717, 1.165) is 5.69 Å². The number of alkyl halides is 2. The van der Waals surface area contributed by atoms with Crippen molar-refractivity contribution < 1.29 is 9.53 Å². The van der Waals surface area contributed by atoms with Crippen LogP contribution in [-0.2, 0) is 4.74 Å². The van der Waals surface area contributed by atoms with Crippen LogP contribution in [0, 0.1) is 0 Å². The van der Waals surface area contributed by atoms with Crippen LogP contribution in [0.4, 0.5) is 10.5 Å². The van der Waals surface area contributed by atoms with Gasteiger partial charge in [0.2, 0.25) is 0 Å². The second kappa shape index (κ2) is 4.29. The Hall–Kier alpha value is -0.930. The third-order valence-corrected chi connectivity index (χ3v) is 2.75. The number of rotatable bonds is 2. The van der Waals surface area contributed by atoms with E-state index in [9.17, 15) is 4.79 Å². The molecule has 1 heterocycles. The van der Waals surface area contributed by atoms with Crippen LogP contribution >= 0.6 is 23.2 Å². The van der Waals surface area contributed by atoms with Gasteiger partial charge in [-0.25, -0.2) is 4.79 Å². The molecule has 1 aliphatic rings. The zero-order valence-electron chi connectivity index (χ0n) is 7.77. The van der Waals surface area contributed by atoms with E-state index in [1.165, 1.54) is 4.90 Å². The smallest absolute Gasteiger partial charge is 0.414 e. The van der Waals surface area contributed by atoms with Crippen molar-refractivity contribution in [1.29, 1.82) is 0 Å². The lowest BCUT2D eigenvalue weighted by molar-refractivity contribution is 0.147. The van der Waals surface area contributed by atoms with Crippen molar-refractivity contribution in [3.8, 4) is 0 Å². The summed E-state index contributed by atoms with van der Waals surface area (Å²) in [4.78, 5) is 12.3. The molecular formula is C10H9Cl2NO2. The van der Waals surface area contributed by atoms with E-state index >= 15 is 0 Å². The molecule has 15 heavy (non-hydrogen) atoms. The number of nitrogens with zero attached hydrogens (tertiary/aromatic N) is 1. The van der Waals surface area contributed by atoms with Gasteiger partial charge in [0.1, 0.15) is 4.84 Å². The van der Waals surface area contributed by atoms with Crippen LogP contribution in [-0.4, -0.2) is 23.6 Å². The first-order valence-electron chi connectivity index (χ1n) is 4.50. The zero-order chi connectivity index (χ0) is 10.8. The number of para-hydroxylation sites is 1. The maximum absolute atomic E-state index is 11.5. The quantitative estimate of drug-likeness (QED) is 0.751. The summed E-state index contributed by atoms with van der Waals surface area (Å²) >= 11 is 11.3. The normalized spacial score (nSPS) is 20.9. The van der Waals surface area contributed by atoms with Gasteiger partial charge in [-0.1, -0.05) is 18.2 Å². The summed E-state index contributed by atoms with van der Waals surface area (Å²) in [5.74, 6) is 0. The van der Waals surface area contributed by atoms with E-state index in [2.05, 4.69) is 0 Å². The summed E-state index contributed by atoms with van der Waals surface area (Å²) in [5.41, 5.74) is 0.791. The number of carbonyl (C=O) groups is 1. The third kappa shape index (κ3) is 2.19. The van der Waals surface area contributed by atoms with Crippen LogP contribution in [0.15, 0.2) is 30.3 Å². The molecule has 80 valence electrons. The Morgan fingerprint density at radius 2 is 2.00 bits per heavy atom. The number of anilines is 1. The fourth-order valence-electron chi connectivity index (χ4n) is 1.43. The van der Waals surface area contributed by atoms with Crippen LogP contribution in [0.1, 0.15) is 0 Å². The Balaban J connectivity index is 2.16. The predicted molar refractivity (Wildman–Crippen MR) is 59.6 cm³/mol. The highest BCUT2D eigenvalue weighted by Gasteiger charge is 2.35. The number of halogens is 2. The Bertz CT molecular complexity index is 356. The number of cyclic esters (lactones) is 1. The molecule has 1 aromatic carbocycles. The molecule has 1 saturated heterocycles. The summed E-state index contributed by atoms with van der Waals surface area (Å²) in [7, 11) is 0. The van der Waals surface area contributed by atoms with E-state index < -0.39 is 17.0 Å². The van der Waals surface area contributed by atoms with Crippen molar-refractivity contribution in [3.05, 3.63) is 30.3 Å². The number of hydrogen-bond acceptors (Lipinski definition) is 2. The molecule has 0 aromatic heterocycles. The molecule has 2 rings (SSSR count). The lowest BCUT2D eigenvalue weighted by atomic mass is 10.3. The molecule has 0 spiro atoms. The van der Waals surface area contributed by atoms with Gasteiger partial charge in [-0.15, -0.1) is 23.2 Å². The minimum absolute atomic E-state index is 0.389. The van der Waals surface area contributed by atoms with Gasteiger partial charge in [0, 0.05) is 5.69 Å². The van der Waals surface area contributed by atoms with Crippen molar-refractivity contribution >= 4 is 35.0 Å². The standard InChI is InChI=1S/C10H9Cl2NO2/c11-9(12)8-6-13(10(14)15-8)7-4-2-1-3-5-7/h1-5,8-9H,6H2. The van der Waals surface area contributed by atoms with Crippen molar-refractivity contribution in [3.63, 3.8) is 0 Å². The third-order valence-electron chi connectivity index (χ3n) is 2.18. The van der Waals surface area contributed by atoms with Gasteiger partial charge in [-0.2, -0.15) is 0 Å². The fourth-order valence-corrected chi connectivity index (χ4v) is 1.70. The molecule has 0 radical (unpaired) electrons. The Morgan fingerprint density at radius 3 is 2.53 bits per heavy atom. The maximum Gasteiger partial charge on any atom is 0.414 e. The largest absolute Gasteiger partial charge is 0.441 e. The van der Waals surface area contributed by atoms with Crippen LogP contribution < -0.4 is 4.90 Å². The first kappa shape index (κ1) is 10.6. The molecule has 1 fully saturated rings. The Morgan fingerprint density at radius 1 is 1.33 bits per heavy atom. The molecule has 0 N–H and O–H groups in total. The van der Waals surface area contributed by atoms with Gasteiger partial charge >= 0.3 is 6.09 Å². The van der Waals surface area contributed by atoms with Crippen LogP contribution in [0.5, 0.6) is 0 Å². The van der Waals surface area contributed by atoms with Crippen LogP contribution in [0.2, 0.25) is 0 Å². The highest BCUT2D eigenvalue weighted by Crippen LogP contribution is 2.25. The number of hydrogen-bond donors (Lipinski definition) is 0. The topological polar surface area (TPSA) is 29.5 Å². The van der Waals surface area contributed by atoms with E-state index in [0.29, 0.717) is 6.54 Å². The first-order chi connectivity index (χ1) is 7.18. The van der Waals surface area contributed by atoms with Crippen molar-refractivity contribution in [2.75, 3.05) is 11.4 Å². The van der Waals surface area contributed by atoms with Crippen molar-refractivity contribution in [2.24, 2.45) is 0 Å². The van der Waals surface area contributed by atoms with Gasteiger partial charge in [0.05, 0.1) is 6.54 Å². The van der Waals surface area contributed by atoms with Gasteiger partial charge in [-0.05, 0) is 12.1 Å². The summed E-state index contributed by atoms with van der Waals surface area (Å²) in [6, 6.07) is 9.26. The lowest BCUT2D eigenvalue weighted by Gasteiger charge is -2.12. The number of ether oxygens (including phenoxy) is 1. The highest BCUT2D eigenvalue weighted by atomic mass is 35.5. The summed E-state index contributed by atoms with van der Waals surface area (Å²) < 4.78 is 5.01. The van der Waals surface area contributed by atoms with Crippen LogP contribution in [0.3, 0.4) is 0 Å². The molecule has 1 atom stereocenters. The monoisotopic (exact) mass is 245 g/mol. The molecule has 1 amide bonds. The molecule has 1 aliphatic heterocycles. The molecule has 1 unspecified atom stereocenters. The van der Waals surface area contributed by atoms with E-state index in [1.54, 1.807) is 0 Å². The average molecular weight is 246 g/mol. The zero-order valence-corrected chi connectivity index (χ0v) is 9.28. The first-order valence-corrected chi connectivity index (χ1v) is 5.37. The minimum Gasteiger partial charge on any atom is -0.441 e. The Kier molecular flexibility index (Phi) is 3.03. The molecular weight excluding hydrogens is 237 g/mol. The van der Waals surface area contributed by atoms with Crippen LogP contribution in [0.25, 0.3) is 0 Å². The second-order valence-electron chi connectivity index (χ2n) is 3.20. The predicted octanol–water partition coefficient (Wildman–Crippen LogP) is 2.82. The summed E-state index contributed by atoms with van der Waals surface area (Å²) in [6.07, 6.45) is -0.862. The van der Waals surface area contributed by atoms with E-state index in [4.69, 9.17) is 27.9 Å². The SMILES string of the molecule is O=C1OC(C(Cl)Cl)CN1c1ccccc1. The van der Waals surface area contributed by atoms with Gasteiger partial charge < -0.3 is 4.74 Å². The lowest BCUT2D eigenvalue weighted by Crippen LogP contribution is -2.26. The average Bonchev–Trinajstić information content (AvgIpc) is 2.62. The molecule has 0 bridgehead atoms. The van der Waals surface area contributed by atoms with Crippen molar-refractivity contribution in [2.45, 2.75) is 10.9 Å². The summed E-state index contributed by atoms with van der Waals surface area (Å²) in [6.45, 7) is 0.389. The van der Waals surface area contributed by atoms with Gasteiger partial charge in [-0.3, -0.25) is 4.90 Å². The molecule has 0 saturated carbocycles. The molecule has 1 aromatic rings. The van der Waals surface area contributed by atoms with E-state index in [1.807, 2.05) is 30.3 Å². The van der Waals surface area contributed by atoms with Gasteiger partial charge in [0.25, 0.3) is 0 Å². The highest BCUT2D eigenvalue weighted by molar-refractivity contribution is 6.44. The van der Waals surface area contributed by atoms with Crippen molar-refractivity contribution in [1.82, 2.24) is 0 Å². The molecule has 0 aliphatic carbocycles.